The van der Waals surface area contributed by atoms with Crippen molar-refractivity contribution in [3.63, 3.8) is 0 Å². The van der Waals surface area contributed by atoms with Crippen molar-refractivity contribution in [3.8, 4) is 0 Å². The molecule has 0 rings (SSSR count). The number of carboxylic acids is 1. The Morgan fingerprint density at radius 1 is 1.19 bits per heavy atom. The SMILES string of the molecule is CCC(C)CC(CC)C(O)(C(=O)O)C(C)C. The van der Waals surface area contributed by atoms with Crippen molar-refractivity contribution in [2.75, 3.05) is 0 Å². The van der Waals surface area contributed by atoms with Crippen molar-refractivity contribution in [3.05, 3.63) is 0 Å². The zero-order chi connectivity index (χ0) is 12.9. The van der Waals surface area contributed by atoms with E-state index in [9.17, 15) is 15.0 Å². The second-order valence-electron chi connectivity index (χ2n) is 5.14. The lowest BCUT2D eigenvalue weighted by Crippen LogP contribution is -2.50. The van der Waals surface area contributed by atoms with E-state index in [0.29, 0.717) is 12.3 Å². The minimum atomic E-state index is -1.59. The fraction of sp³-hybridized carbons (Fsp3) is 0.923. The van der Waals surface area contributed by atoms with Crippen molar-refractivity contribution < 1.29 is 15.0 Å². The third-order valence-electron chi connectivity index (χ3n) is 3.72. The van der Waals surface area contributed by atoms with Gasteiger partial charge >= 0.3 is 5.97 Å². The smallest absolute Gasteiger partial charge is 0.336 e. The average Bonchev–Trinajstić information content (AvgIpc) is 2.23. The molecule has 96 valence electrons. The van der Waals surface area contributed by atoms with Gasteiger partial charge in [0.1, 0.15) is 0 Å². The van der Waals surface area contributed by atoms with E-state index in [4.69, 9.17) is 0 Å². The highest BCUT2D eigenvalue weighted by molar-refractivity contribution is 5.77. The maximum Gasteiger partial charge on any atom is 0.336 e. The molecule has 0 aliphatic rings. The highest BCUT2D eigenvalue weighted by Crippen LogP contribution is 2.34. The van der Waals surface area contributed by atoms with Gasteiger partial charge in [-0.05, 0) is 30.6 Å². The Hall–Kier alpha value is -0.570. The summed E-state index contributed by atoms with van der Waals surface area (Å²) in [7, 11) is 0. The summed E-state index contributed by atoms with van der Waals surface area (Å²) >= 11 is 0. The second kappa shape index (κ2) is 6.24. The summed E-state index contributed by atoms with van der Waals surface area (Å²) in [4.78, 5) is 11.3. The zero-order valence-corrected chi connectivity index (χ0v) is 11.2. The lowest BCUT2D eigenvalue weighted by Gasteiger charge is -2.36. The number of aliphatic hydroxyl groups is 1. The van der Waals surface area contributed by atoms with E-state index in [1.807, 2.05) is 6.92 Å². The Morgan fingerprint density at radius 2 is 1.69 bits per heavy atom. The minimum Gasteiger partial charge on any atom is -0.479 e. The van der Waals surface area contributed by atoms with Crippen LogP contribution in [0.3, 0.4) is 0 Å². The van der Waals surface area contributed by atoms with Crippen LogP contribution in [0, 0.1) is 17.8 Å². The molecule has 0 bridgehead atoms. The van der Waals surface area contributed by atoms with Crippen molar-refractivity contribution in [1.82, 2.24) is 0 Å². The topological polar surface area (TPSA) is 57.5 Å². The molecule has 3 atom stereocenters. The monoisotopic (exact) mass is 230 g/mol. The van der Waals surface area contributed by atoms with Gasteiger partial charge in [-0.15, -0.1) is 0 Å². The molecule has 0 radical (unpaired) electrons. The average molecular weight is 230 g/mol. The first-order chi connectivity index (χ1) is 7.30. The lowest BCUT2D eigenvalue weighted by molar-refractivity contribution is -0.173. The molecule has 3 nitrogen and oxygen atoms in total. The van der Waals surface area contributed by atoms with Crippen LogP contribution in [0.4, 0.5) is 0 Å². The van der Waals surface area contributed by atoms with Crippen molar-refractivity contribution in [2.45, 2.75) is 59.5 Å². The van der Waals surface area contributed by atoms with Crippen LogP contribution < -0.4 is 0 Å². The Bertz CT molecular complexity index is 225. The minimum absolute atomic E-state index is 0.167. The van der Waals surface area contributed by atoms with Gasteiger partial charge in [-0.3, -0.25) is 0 Å². The molecule has 0 aromatic rings. The summed E-state index contributed by atoms with van der Waals surface area (Å²) in [5, 5.41) is 19.6. The van der Waals surface area contributed by atoms with Gasteiger partial charge in [0.2, 0.25) is 0 Å². The van der Waals surface area contributed by atoms with Crippen LogP contribution in [0.5, 0.6) is 0 Å². The summed E-state index contributed by atoms with van der Waals surface area (Å²) in [6, 6.07) is 0. The van der Waals surface area contributed by atoms with Crippen LogP contribution in [-0.2, 0) is 4.79 Å². The van der Waals surface area contributed by atoms with Gasteiger partial charge in [-0.2, -0.15) is 0 Å². The van der Waals surface area contributed by atoms with E-state index in [1.165, 1.54) is 0 Å². The zero-order valence-electron chi connectivity index (χ0n) is 11.2. The lowest BCUT2D eigenvalue weighted by atomic mass is 9.73. The molecule has 0 amide bonds. The third-order valence-corrected chi connectivity index (χ3v) is 3.72. The van der Waals surface area contributed by atoms with Crippen molar-refractivity contribution in [2.24, 2.45) is 17.8 Å². The van der Waals surface area contributed by atoms with E-state index in [2.05, 4.69) is 13.8 Å². The van der Waals surface area contributed by atoms with Crippen LogP contribution in [0.1, 0.15) is 53.9 Å². The normalized spacial score (nSPS) is 19.2. The van der Waals surface area contributed by atoms with Gasteiger partial charge < -0.3 is 10.2 Å². The van der Waals surface area contributed by atoms with Gasteiger partial charge in [-0.1, -0.05) is 41.0 Å². The Morgan fingerprint density at radius 3 is 1.94 bits per heavy atom. The van der Waals surface area contributed by atoms with Gasteiger partial charge in [0, 0.05) is 0 Å². The molecule has 0 fully saturated rings. The first kappa shape index (κ1) is 15.4. The number of hydrogen-bond acceptors (Lipinski definition) is 2. The molecule has 0 aliphatic heterocycles. The van der Waals surface area contributed by atoms with Gasteiger partial charge in [0.05, 0.1) is 0 Å². The molecule has 3 unspecified atom stereocenters. The van der Waals surface area contributed by atoms with E-state index in [-0.39, 0.29) is 11.8 Å². The van der Waals surface area contributed by atoms with E-state index >= 15 is 0 Å². The predicted octanol–water partition coefficient (Wildman–Crippen LogP) is 2.92. The molecule has 0 aliphatic carbocycles. The maximum atomic E-state index is 11.3. The molecule has 0 aromatic heterocycles. The number of aliphatic carboxylic acids is 1. The van der Waals surface area contributed by atoms with Crippen LogP contribution in [0.2, 0.25) is 0 Å². The fourth-order valence-electron chi connectivity index (χ4n) is 2.20. The quantitative estimate of drug-likeness (QED) is 0.707. The summed E-state index contributed by atoms with van der Waals surface area (Å²) < 4.78 is 0. The molecule has 0 saturated heterocycles. The van der Waals surface area contributed by atoms with Gasteiger partial charge in [0.15, 0.2) is 5.60 Å². The molecule has 0 saturated carbocycles. The number of carboxylic acid groups (broad SMARTS) is 1. The highest BCUT2D eigenvalue weighted by Gasteiger charge is 2.46. The second-order valence-corrected chi connectivity index (χ2v) is 5.14. The molecule has 0 spiro atoms. The molecule has 16 heavy (non-hydrogen) atoms. The maximum absolute atomic E-state index is 11.3. The summed E-state index contributed by atoms with van der Waals surface area (Å²) in [5.74, 6) is -1.06. The van der Waals surface area contributed by atoms with E-state index < -0.39 is 11.6 Å². The summed E-state index contributed by atoms with van der Waals surface area (Å²) in [6.45, 7) is 9.68. The highest BCUT2D eigenvalue weighted by atomic mass is 16.4. The Balaban J connectivity index is 4.93. The standard InChI is InChI=1S/C13H26O3/c1-6-10(5)8-11(7-2)13(16,9(3)4)12(14)15/h9-11,16H,6-8H2,1-5H3,(H,14,15). The van der Waals surface area contributed by atoms with Crippen molar-refractivity contribution in [1.29, 1.82) is 0 Å². The molecule has 2 N–H and O–H groups in total. The van der Waals surface area contributed by atoms with E-state index in [0.717, 1.165) is 12.8 Å². The first-order valence-electron chi connectivity index (χ1n) is 6.26. The number of hydrogen-bond donors (Lipinski definition) is 2. The molecular weight excluding hydrogens is 204 g/mol. The number of rotatable bonds is 7. The summed E-state index contributed by atoms with van der Waals surface area (Å²) in [5.41, 5.74) is -1.59. The van der Waals surface area contributed by atoms with E-state index in [1.54, 1.807) is 13.8 Å². The number of carbonyl (C=O) groups is 1. The first-order valence-corrected chi connectivity index (χ1v) is 6.26. The van der Waals surface area contributed by atoms with Crippen LogP contribution >= 0.6 is 0 Å². The molecular formula is C13H26O3. The third kappa shape index (κ3) is 3.21. The molecule has 0 aromatic carbocycles. The van der Waals surface area contributed by atoms with Gasteiger partial charge in [-0.25, -0.2) is 4.79 Å². The van der Waals surface area contributed by atoms with Crippen LogP contribution in [0.25, 0.3) is 0 Å². The Kier molecular flexibility index (Phi) is 6.01. The van der Waals surface area contributed by atoms with Crippen LogP contribution in [0.15, 0.2) is 0 Å². The fourth-order valence-corrected chi connectivity index (χ4v) is 2.20. The van der Waals surface area contributed by atoms with Gasteiger partial charge in [0.25, 0.3) is 0 Å². The van der Waals surface area contributed by atoms with Crippen molar-refractivity contribution >= 4 is 5.97 Å². The molecule has 3 heteroatoms. The summed E-state index contributed by atoms with van der Waals surface area (Å²) in [6.07, 6.45) is 2.49. The van der Waals surface area contributed by atoms with Crippen LogP contribution in [-0.4, -0.2) is 21.8 Å². The predicted molar refractivity (Wildman–Crippen MR) is 65.3 cm³/mol. The largest absolute Gasteiger partial charge is 0.479 e. The Labute approximate surface area is 98.9 Å². The molecule has 0 heterocycles.